The molecule has 146 valence electrons. The van der Waals surface area contributed by atoms with Gasteiger partial charge in [0, 0.05) is 6.07 Å². The molecule has 0 aromatic heterocycles. The minimum Gasteiger partial charge on any atom is -0.628 e. The van der Waals surface area contributed by atoms with Crippen LogP contribution in [0.25, 0.3) is 6.08 Å². The molecular formula is C17H10F3N2O4S2-. The Bertz CT molecular complexity index is 977. The van der Waals surface area contributed by atoms with Crippen LogP contribution in [0.3, 0.4) is 0 Å². The van der Waals surface area contributed by atoms with Gasteiger partial charge in [-0.3, -0.25) is 4.79 Å². The monoisotopic (exact) mass is 427 g/mol. The zero-order chi connectivity index (χ0) is 20.5. The summed E-state index contributed by atoms with van der Waals surface area (Å²) in [6, 6.07) is 8.33. The molecule has 1 aliphatic heterocycles. The summed E-state index contributed by atoms with van der Waals surface area (Å²) in [4.78, 5) is 12.1. The van der Waals surface area contributed by atoms with Crippen molar-refractivity contribution < 1.29 is 27.9 Å². The normalized spacial score (nSPS) is 16.0. The number of ether oxygens (including phenoxy) is 1. The highest BCUT2D eigenvalue weighted by atomic mass is 32.2. The molecule has 1 saturated heterocycles. The topological polar surface area (TPSA) is 88.9 Å². The van der Waals surface area contributed by atoms with Crippen LogP contribution in [0.5, 0.6) is 11.5 Å². The Balaban J connectivity index is 1.89. The van der Waals surface area contributed by atoms with E-state index < -0.39 is 22.7 Å². The molecule has 0 radical (unpaired) electrons. The smallest absolute Gasteiger partial charge is 0.416 e. The lowest BCUT2D eigenvalue weighted by atomic mass is 10.1. The maximum Gasteiger partial charge on any atom is 0.416 e. The number of amides is 1. The minimum absolute atomic E-state index is 0.169. The molecule has 2 aromatic rings. The number of alkyl halides is 3. The summed E-state index contributed by atoms with van der Waals surface area (Å²) in [6.07, 6.45) is -3.15. The SMILES string of the molecule is O=C1NC(=S)S/C1=C/c1cccc(Oc2ccc(C(F)(F)F)cc2[NH+]([O-])[O-])c1. The van der Waals surface area contributed by atoms with Crippen molar-refractivity contribution in [3.63, 3.8) is 0 Å². The average Bonchev–Trinajstić information content (AvgIpc) is 2.91. The lowest BCUT2D eigenvalue weighted by Crippen LogP contribution is -2.96. The number of thiocarbonyl (C=S) groups is 1. The number of halogens is 3. The molecule has 6 nitrogen and oxygen atoms in total. The molecule has 1 fully saturated rings. The van der Waals surface area contributed by atoms with Gasteiger partial charge in [0.05, 0.1) is 10.5 Å². The fourth-order valence-corrected chi connectivity index (χ4v) is 3.37. The van der Waals surface area contributed by atoms with Crippen molar-refractivity contribution in [1.29, 1.82) is 0 Å². The van der Waals surface area contributed by atoms with Crippen LogP contribution < -0.4 is 15.3 Å². The molecule has 11 heteroatoms. The second-order valence-corrected chi connectivity index (χ2v) is 7.24. The Hall–Kier alpha value is -2.44. The number of rotatable bonds is 4. The maximum atomic E-state index is 12.8. The van der Waals surface area contributed by atoms with E-state index in [1.54, 1.807) is 18.2 Å². The highest BCUT2D eigenvalue weighted by molar-refractivity contribution is 8.26. The van der Waals surface area contributed by atoms with E-state index in [2.05, 4.69) is 5.32 Å². The molecular weight excluding hydrogens is 417 g/mol. The van der Waals surface area contributed by atoms with E-state index in [4.69, 9.17) is 17.0 Å². The van der Waals surface area contributed by atoms with E-state index in [0.717, 1.165) is 17.8 Å². The third-order valence-electron chi connectivity index (χ3n) is 3.55. The molecule has 28 heavy (non-hydrogen) atoms. The summed E-state index contributed by atoms with van der Waals surface area (Å²) in [5.74, 6) is -0.474. The van der Waals surface area contributed by atoms with Crippen LogP contribution in [0.1, 0.15) is 11.1 Å². The van der Waals surface area contributed by atoms with Crippen molar-refractivity contribution in [1.82, 2.24) is 5.32 Å². The second-order valence-electron chi connectivity index (χ2n) is 5.52. The van der Waals surface area contributed by atoms with E-state index in [-0.39, 0.29) is 17.4 Å². The number of hydrogen-bond donors (Lipinski definition) is 2. The van der Waals surface area contributed by atoms with Gasteiger partial charge in [0.15, 0.2) is 11.4 Å². The molecule has 1 heterocycles. The van der Waals surface area contributed by atoms with Crippen molar-refractivity contribution in [2.24, 2.45) is 0 Å². The first-order valence-corrected chi connectivity index (χ1v) is 8.81. The zero-order valence-corrected chi connectivity index (χ0v) is 15.3. The quantitative estimate of drug-likeness (QED) is 0.441. The van der Waals surface area contributed by atoms with Crippen LogP contribution in [0, 0.1) is 10.4 Å². The first-order valence-electron chi connectivity index (χ1n) is 7.59. The second kappa shape index (κ2) is 7.89. The molecule has 2 N–H and O–H groups in total. The minimum atomic E-state index is -4.70. The maximum absolute atomic E-state index is 12.8. The molecule has 0 atom stereocenters. The third-order valence-corrected chi connectivity index (χ3v) is 4.72. The van der Waals surface area contributed by atoms with E-state index in [1.807, 2.05) is 0 Å². The molecule has 3 rings (SSSR count). The fourth-order valence-electron chi connectivity index (χ4n) is 2.32. The number of quaternary nitrogens is 1. The summed E-state index contributed by atoms with van der Waals surface area (Å²) in [6.45, 7) is 0. The van der Waals surface area contributed by atoms with Crippen molar-refractivity contribution in [3.05, 3.63) is 68.9 Å². The van der Waals surface area contributed by atoms with Gasteiger partial charge in [0.1, 0.15) is 10.1 Å². The molecule has 1 aliphatic rings. The van der Waals surface area contributed by atoms with E-state index in [1.165, 1.54) is 12.1 Å². The van der Waals surface area contributed by atoms with Crippen LogP contribution >= 0.6 is 24.0 Å². The molecule has 1 amide bonds. The molecule has 0 spiro atoms. The standard InChI is InChI=1S/C17H10F3N2O4S2/c18-17(19,20)10-4-5-13(12(8-10)22(24)25)26-11-3-1-2-9(6-11)7-14-15(23)21-16(27)28-14/h1-8,22H,(H,21,23,27)/q-1/b14-7+. The summed E-state index contributed by atoms with van der Waals surface area (Å²) in [5.41, 5.74) is -1.30. The molecule has 2 aromatic carbocycles. The van der Waals surface area contributed by atoms with Gasteiger partial charge in [-0.15, -0.1) is 0 Å². The van der Waals surface area contributed by atoms with Crippen LogP contribution in [0.4, 0.5) is 18.9 Å². The van der Waals surface area contributed by atoms with Gasteiger partial charge in [0.2, 0.25) is 0 Å². The highest BCUT2D eigenvalue weighted by Crippen LogP contribution is 2.35. The molecule has 0 unspecified atom stereocenters. The van der Waals surface area contributed by atoms with E-state index >= 15 is 0 Å². The Morgan fingerprint density at radius 3 is 2.54 bits per heavy atom. The van der Waals surface area contributed by atoms with Gasteiger partial charge >= 0.3 is 6.18 Å². The molecule has 0 aliphatic carbocycles. The summed E-state index contributed by atoms with van der Waals surface area (Å²) >= 11 is 5.99. The number of carbonyl (C=O) groups excluding carboxylic acids is 1. The predicted molar refractivity (Wildman–Crippen MR) is 102 cm³/mol. The first-order chi connectivity index (χ1) is 13.1. The van der Waals surface area contributed by atoms with Gasteiger partial charge in [-0.25, -0.2) is 0 Å². The first kappa shape index (κ1) is 20.3. The lowest BCUT2D eigenvalue weighted by molar-refractivity contribution is -0.715. The Morgan fingerprint density at radius 2 is 1.93 bits per heavy atom. The van der Waals surface area contributed by atoms with Crippen molar-refractivity contribution in [3.8, 4) is 11.5 Å². The van der Waals surface area contributed by atoms with E-state index in [9.17, 15) is 28.4 Å². The van der Waals surface area contributed by atoms with Crippen LogP contribution in [0.2, 0.25) is 0 Å². The third kappa shape index (κ3) is 4.69. The highest BCUT2D eigenvalue weighted by Gasteiger charge is 2.32. The fraction of sp³-hybridized carbons (Fsp3) is 0.0588. The van der Waals surface area contributed by atoms with Gasteiger partial charge in [-0.1, -0.05) is 36.1 Å². The predicted octanol–water partition coefficient (Wildman–Crippen LogP) is 3.50. The van der Waals surface area contributed by atoms with E-state index in [0.29, 0.717) is 26.9 Å². The van der Waals surface area contributed by atoms with Gasteiger partial charge in [0.25, 0.3) is 5.91 Å². The summed E-state index contributed by atoms with van der Waals surface area (Å²) < 4.78 is 44.1. The van der Waals surface area contributed by atoms with Crippen molar-refractivity contribution in [2.75, 3.05) is 0 Å². The van der Waals surface area contributed by atoms with Crippen LogP contribution in [0.15, 0.2) is 47.4 Å². The Morgan fingerprint density at radius 1 is 1.18 bits per heavy atom. The van der Waals surface area contributed by atoms with Crippen LogP contribution in [-0.4, -0.2) is 10.2 Å². The lowest BCUT2D eigenvalue weighted by Gasteiger charge is -2.27. The Kier molecular flexibility index (Phi) is 5.72. The van der Waals surface area contributed by atoms with Gasteiger partial charge < -0.3 is 25.7 Å². The van der Waals surface area contributed by atoms with Gasteiger partial charge in [-0.05, 0) is 35.9 Å². The van der Waals surface area contributed by atoms with Crippen molar-refractivity contribution in [2.45, 2.75) is 6.18 Å². The number of benzene rings is 2. The number of carbonyl (C=O) groups is 1. The Labute approximate surface area is 166 Å². The number of thioether (sulfide) groups is 1. The van der Waals surface area contributed by atoms with Crippen molar-refractivity contribution >= 4 is 46.0 Å². The molecule has 0 saturated carbocycles. The number of nitrogens with one attached hydrogen (secondary N) is 2. The van der Waals surface area contributed by atoms with Crippen LogP contribution in [-0.2, 0) is 11.0 Å². The summed E-state index contributed by atoms with van der Waals surface area (Å²) in [7, 11) is 0. The average molecular weight is 427 g/mol. The largest absolute Gasteiger partial charge is 0.628 e. The number of hydrogen-bond acceptors (Lipinski definition) is 6. The molecule has 0 bridgehead atoms. The summed E-state index contributed by atoms with van der Waals surface area (Å²) in [5, 5.41) is 23.1. The van der Waals surface area contributed by atoms with Gasteiger partial charge in [-0.2, -0.15) is 13.2 Å². The zero-order valence-electron chi connectivity index (χ0n) is 13.7.